The molecule has 5 nitrogen and oxygen atoms in total. The van der Waals surface area contributed by atoms with Crippen molar-refractivity contribution < 1.29 is 18.7 Å². The fourth-order valence-electron chi connectivity index (χ4n) is 4.42. The van der Waals surface area contributed by atoms with E-state index in [-0.39, 0.29) is 24.1 Å². The largest absolute Gasteiger partial charge is 0.493 e. The molecular formula is C28H29FN2O3. The predicted octanol–water partition coefficient (Wildman–Crippen LogP) is 5.22. The molecule has 4 aromatic rings. The monoisotopic (exact) mass is 460 g/mol. The Morgan fingerprint density at radius 3 is 2.56 bits per heavy atom. The van der Waals surface area contributed by atoms with Crippen LogP contribution in [0.5, 0.6) is 11.5 Å². The Morgan fingerprint density at radius 2 is 1.79 bits per heavy atom. The standard InChI is InChI=1S/C28H29FN2O3/c1-31-18-24(22-9-4-5-10-25(22)31)23(20-7-6-8-21(29)16-20)17-28(32)30-14-13-19-11-12-26(33-2)27(15-19)34-3/h4-12,15-16,18,23H,13-14,17H2,1-3H3,(H,30,32). The van der Waals surface area contributed by atoms with E-state index < -0.39 is 0 Å². The summed E-state index contributed by atoms with van der Waals surface area (Å²) < 4.78 is 26.8. The van der Waals surface area contributed by atoms with Crippen LogP contribution in [0.15, 0.2) is 72.9 Å². The maximum atomic E-state index is 14.1. The van der Waals surface area contributed by atoms with Gasteiger partial charge in [0.2, 0.25) is 5.91 Å². The zero-order valence-corrected chi connectivity index (χ0v) is 19.7. The number of nitrogens with one attached hydrogen (secondary N) is 1. The van der Waals surface area contributed by atoms with Crippen molar-refractivity contribution in [1.29, 1.82) is 0 Å². The number of fused-ring (bicyclic) bond motifs is 1. The molecule has 0 aliphatic carbocycles. The molecule has 1 N–H and O–H groups in total. The summed E-state index contributed by atoms with van der Waals surface area (Å²) in [6.45, 7) is 0.486. The van der Waals surface area contributed by atoms with E-state index in [1.807, 2.05) is 66.3 Å². The van der Waals surface area contributed by atoms with Crippen molar-refractivity contribution in [1.82, 2.24) is 9.88 Å². The Balaban J connectivity index is 1.51. The topological polar surface area (TPSA) is 52.5 Å². The summed E-state index contributed by atoms with van der Waals surface area (Å²) in [7, 11) is 5.18. The molecule has 3 aromatic carbocycles. The van der Waals surface area contributed by atoms with E-state index >= 15 is 0 Å². The molecule has 1 unspecified atom stereocenters. The summed E-state index contributed by atoms with van der Waals surface area (Å²) in [5.41, 5.74) is 3.91. The van der Waals surface area contributed by atoms with Crippen molar-refractivity contribution >= 4 is 16.8 Å². The Morgan fingerprint density at radius 1 is 1.00 bits per heavy atom. The Kier molecular flexibility index (Phi) is 7.16. The van der Waals surface area contributed by atoms with Gasteiger partial charge in [-0.3, -0.25) is 4.79 Å². The smallest absolute Gasteiger partial charge is 0.220 e. The van der Waals surface area contributed by atoms with Gasteiger partial charge in [0.25, 0.3) is 0 Å². The van der Waals surface area contributed by atoms with Crippen LogP contribution in [0.3, 0.4) is 0 Å². The first-order valence-electron chi connectivity index (χ1n) is 11.3. The van der Waals surface area contributed by atoms with Gasteiger partial charge in [-0.25, -0.2) is 4.39 Å². The van der Waals surface area contributed by atoms with Gasteiger partial charge in [-0.2, -0.15) is 0 Å². The molecule has 0 saturated carbocycles. The van der Waals surface area contributed by atoms with Gasteiger partial charge in [-0.1, -0.05) is 36.4 Å². The van der Waals surface area contributed by atoms with Gasteiger partial charge in [0, 0.05) is 43.0 Å². The molecule has 0 saturated heterocycles. The number of rotatable bonds is 9. The second kappa shape index (κ2) is 10.4. The summed E-state index contributed by atoms with van der Waals surface area (Å²) in [6, 6.07) is 20.3. The van der Waals surface area contributed by atoms with E-state index in [4.69, 9.17) is 9.47 Å². The third-order valence-electron chi connectivity index (χ3n) is 6.13. The number of hydrogen-bond donors (Lipinski definition) is 1. The number of benzene rings is 3. The second-order valence-corrected chi connectivity index (χ2v) is 8.31. The lowest BCUT2D eigenvalue weighted by molar-refractivity contribution is -0.121. The van der Waals surface area contributed by atoms with Gasteiger partial charge in [0.15, 0.2) is 11.5 Å². The predicted molar refractivity (Wildman–Crippen MR) is 132 cm³/mol. The number of amides is 1. The minimum absolute atomic E-state index is 0.0809. The molecule has 4 rings (SSSR count). The molecule has 0 aliphatic rings. The summed E-state index contributed by atoms with van der Waals surface area (Å²) in [4.78, 5) is 13.0. The van der Waals surface area contributed by atoms with Gasteiger partial charge in [-0.05, 0) is 53.4 Å². The molecule has 1 amide bonds. The summed E-state index contributed by atoms with van der Waals surface area (Å²) in [6.07, 6.45) is 2.92. The van der Waals surface area contributed by atoms with Crippen molar-refractivity contribution in [3.63, 3.8) is 0 Å². The molecule has 1 atom stereocenters. The number of aromatic nitrogens is 1. The summed E-state index contributed by atoms with van der Waals surface area (Å²) in [5.74, 6) is 0.680. The number of para-hydroxylation sites is 1. The number of aryl methyl sites for hydroxylation is 1. The van der Waals surface area contributed by atoms with Crippen LogP contribution in [0.1, 0.15) is 29.0 Å². The molecule has 0 aliphatic heterocycles. The van der Waals surface area contributed by atoms with Crippen LogP contribution < -0.4 is 14.8 Å². The van der Waals surface area contributed by atoms with Gasteiger partial charge in [-0.15, -0.1) is 0 Å². The SMILES string of the molecule is COc1ccc(CCNC(=O)CC(c2cccc(F)c2)c2cn(C)c3ccccc23)cc1OC. The van der Waals surface area contributed by atoms with Crippen LogP contribution in [0.4, 0.5) is 4.39 Å². The molecule has 6 heteroatoms. The highest BCUT2D eigenvalue weighted by Crippen LogP contribution is 2.34. The highest BCUT2D eigenvalue weighted by atomic mass is 19.1. The number of nitrogens with zero attached hydrogens (tertiary/aromatic N) is 1. The zero-order chi connectivity index (χ0) is 24.1. The normalized spacial score (nSPS) is 11.9. The number of carbonyl (C=O) groups is 1. The Hall–Kier alpha value is -3.80. The number of ether oxygens (including phenoxy) is 2. The minimum Gasteiger partial charge on any atom is -0.493 e. The first-order chi connectivity index (χ1) is 16.5. The lowest BCUT2D eigenvalue weighted by Gasteiger charge is -2.17. The van der Waals surface area contributed by atoms with Gasteiger partial charge in [0.05, 0.1) is 14.2 Å². The van der Waals surface area contributed by atoms with Gasteiger partial charge in [0.1, 0.15) is 5.82 Å². The molecule has 1 aromatic heterocycles. The summed E-state index contributed by atoms with van der Waals surface area (Å²) >= 11 is 0. The minimum atomic E-state index is -0.309. The molecule has 0 spiro atoms. The highest BCUT2D eigenvalue weighted by molar-refractivity contribution is 5.86. The van der Waals surface area contributed by atoms with E-state index in [0.29, 0.717) is 24.5 Å². The zero-order valence-electron chi connectivity index (χ0n) is 19.7. The lowest BCUT2D eigenvalue weighted by Crippen LogP contribution is -2.27. The van der Waals surface area contributed by atoms with Crippen LogP contribution in [0.25, 0.3) is 10.9 Å². The van der Waals surface area contributed by atoms with E-state index in [2.05, 4.69) is 5.32 Å². The molecule has 0 radical (unpaired) electrons. The third-order valence-corrected chi connectivity index (χ3v) is 6.13. The Labute approximate surface area is 199 Å². The average Bonchev–Trinajstić information content (AvgIpc) is 3.18. The van der Waals surface area contributed by atoms with Crippen molar-refractivity contribution in [2.75, 3.05) is 20.8 Å². The summed E-state index contributed by atoms with van der Waals surface area (Å²) in [5, 5.41) is 4.09. The molecule has 1 heterocycles. The van der Waals surface area contributed by atoms with Crippen LogP contribution in [0.2, 0.25) is 0 Å². The third kappa shape index (κ3) is 5.06. The van der Waals surface area contributed by atoms with E-state index in [1.54, 1.807) is 20.3 Å². The molecule has 0 bridgehead atoms. The quantitative estimate of drug-likeness (QED) is 0.373. The van der Waals surface area contributed by atoms with Crippen molar-refractivity contribution in [3.05, 3.63) is 95.4 Å². The second-order valence-electron chi connectivity index (χ2n) is 8.31. The van der Waals surface area contributed by atoms with Gasteiger partial charge >= 0.3 is 0 Å². The molecule has 0 fully saturated rings. The van der Waals surface area contributed by atoms with Crippen LogP contribution in [-0.2, 0) is 18.3 Å². The molecule has 176 valence electrons. The Bertz CT molecular complexity index is 1300. The fraction of sp³-hybridized carbons (Fsp3) is 0.250. The fourth-order valence-corrected chi connectivity index (χ4v) is 4.42. The first kappa shape index (κ1) is 23.4. The maximum absolute atomic E-state index is 14.1. The van der Waals surface area contributed by atoms with Crippen LogP contribution >= 0.6 is 0 Å². The number of halogens is 1. The number of carbonyl (C=O) groups excluding carboxylic acids is 1. The number of methoxy groups -OCH3 is 2. The van der Waals surface area contributed by atoms with E-state index in [9.17, 15) is 9.18 Å². The van der Waals surface area contributed by atoms with Crippen molar-refractivity contribution in [2.24, 2.45) is 7.05 Å². The van der Waals surface area contributed by atoms with Crippen molar-refractivity contribution in [3.8, 4) is 11.5 Å². The average molecular weight is 461 g/mol. The lowest BCUT2D eigenvalue weighted by atomic mass is 9.88. The maximum Gasteiger partial charge on any atom is 0.220 e. The van der Waals surface area contributed by atoms with Gasteiger partial charge < -0.3 is 19.4 Å². The number of hydrogen-bond acceptors (Lipinski definition) is 3. The first-order valence-corrected chi connectivity index (χ1v) is 11.3. The van der Waals surface area contributed by atoms with E-state index in [1.165, 1.54) is 12.1 Å². The van der Waals surface area contributed by atoms with Crippen LogP contribution in [-0.4, -0.2) is 31.2 Å². The van der Waals surface area contributed by atoms with Crippen molar-refractivity contribution in [2.45, 2.75) is 18.8 Å². The highest BCUT2D eigenvalue weighted by Gasteiger charge is 2.22. The van der Waals surface area contributed by atoms with Crippen LogP contribution in [0, 0.1) is 5.82 Å². The molecule has 34 heavy (non-hydrogen) atoms. The molecular weight excluding hydrogens is 431 g/mol. The van der Waals surface area contributed by atoms with E-state index in [0.717, 1.165) is 27.6 Å².